The highest BCUT2D eigenvalue weighted by Gasteiger charge is 1.97. The third-order valence-corrected chi connectivity index (χ3v) is 2.01. The first-order valence-corrected chi connectivity index (χ1v) is 4.69. The van der Waals surface area contributed by atoms with E-state index in [4.69, 9.17) is 0 Å². The zero-order valence-corrected chi connectivity index (χ0v) is 8.44. The molecule has 1 heterocycles. The number of nitrogens with zero attached hydrogens (tertiary/aromatic N) is 2. The highest BCUT2D eigenvalue weighted by Crippen LogP contribution is 2.15. The van der Waals surface area contributed by atoms with Crippen molar-refractivity contribution in [3.8, 4) is 23.1 Å². The molecule has 2 nitrogen and oxygen atoms in total. The molecule has 0 spiro atoms. The molecule has 0 atom stereocenters. The van der Waals surface area contributed by atoms with E-state index in [-0.39, 0.29) is 0 Å². The number of aromatic nitrogens is 2. The van der Waals surface area contributed by atoms with Crippen molar-refractivity contribution < 1.29 is 0 Å². The zero-order chi connectivity index (χ0) is 10.5. The summed E-state index contributed by atoms with van der Waals surface area (Å²) in [6.45, 7) is 1.83. The van der Waals surface area contributed by atoms with E-state index in [2.05, 4.69) is 21.8 Å². The van der Waals surface area contributed by atoms with Crippen molar-refractivity contribution in [1.29, 1.82) is 0 Å². The van der Waals surface area contributed by atoms with Crippen LogP contribution < -0.4 is 0 Å². The van der Waals surface area contributed by atoms with Crippen LogP contribution in [0.15, 0.2) is 42.9 Å². The summed E-state index contributed by atoms with van der Waals surface area (Å²) in [4.78, 5) is 8.26. The molecule has 0 aliphatic rings. The van der Waals surface area contributed by atoms with Gasteiger partial charge in [-0.25, -0.2) is 0 Å². The van der Waals surface area contributed by atoms with E-state index in [0.29, 0.717) is 0 Å². The molecule has 0 radical (unpaired) electrons. The normalized spacial score (nSPS) is 9.13. The Labute approximate surface area is 89.0 Å². The smallest absolute Gasteiger partial charge is 0.0885 e. The molecule has 0 unspecified atom stereocenters. The van der Waals surface area contributed by atoms with Crippen molar-refractivity contribution in [3.63, 3.8) is 0 Å². The molecule has 72 valence electrons. The average Bonchev–Trinajstić information content (AvgIpc) is 2.32. The third kappa shape index (κ3) is 2.21. The maximum absolute atomic E-state index is 4.23. The van der Waals surface area contributed by atoms with Crippen LogP contribution >= 0.6 is 0 Å². The van der Waals surface area contributed by atoms with Gasteiger partial charge in [0.2, 0.25) is 0 Å². The summed E-state index contributed by atoms with van der Waals surface area (Å²) in [5.74, 6) is 5.87. The lowest BCUT2D eigenvalue weighted by atomic mass is 10.1. The Kier molecular flexibility index (Phi) is 2.75. The second-order valence-corrected chi connectivity index (χ2v) is 3.04. The summed E-state index contributed by atoms with van der Waals surface area (Å²) in [6.07, 6.45) is 5.11. The highest BCUT2D eigenvalue weighted by atomic mass is 14.8. The first kappa shape index (κ1) is 9.42. The Hall–Kier alpha value is -2.14. The lowest BCUT2D eigenvalue weighted by molar-refractivity contribution is 1.21. The first-order valence-electron chi connectivity index (χ1n) is 4.69. The van der Waals surface area contributed by atoms with Gasteiger partial charge in [0.15, 0.2) is 0 Å². The number of rotatable bonds is 1. The van der Waals surface area contributed by atoms with Crippen LogP contribution in [-0.4, -0.2) is 9.97 Å². The van der Waals surface area contributed by atoms with Crippen LogP contribution in [0.1, 0.15) is 12.5 Å². The fourth-order valence-corrected chi connectivity index (χ4v) is 1.32. The lowest BCUT2D eigenvalue weighted by Gasteiger charge is -1.98. The average molecular weight is 194 g/mol. The SMILES string of the molecule is CC#Cc1ccc(-c2cnccn2)cc1. The fourth-order valence-electron chi connectivity index (χ4n) is 1.32. The lowest BCUT2D eigenvalue weighted by Crippen LogP contribution is -1.84. The van der Waals surface area contributed by atoms with Gasteiger partial charge in [0, 0.05) is 23.5 Å². The molecule has 2 aromatic rings. The molecular formula is C13H10N2. The highest BCUT2D eigenvalue weighted by molar-refractivity contribution is 5.59. The van der Waals surface area contributed by atoms with Gasteiger partial charge in [-0.2, -0.15) is 0 Å². The molecule has 2 rings (SSSR count). The molecule has 1 aromatic heterocycles. The van der Waals surface area contributed by atoms with Crippen LogP contribution in [0.5, 0.6) is 0 Å². The predicted molar refractivity (Wildman–Crippen MR) is 60.0 cm³/mol. The summed E-state index contributed by atoms with van der Waals surface area (Å²) in [5.41, 5.74) is 2.96. The number of hydrogen-bond donors (Lipinski definition) is 0. The van der Waals surface area contributed by atoms with E-state index in [9.17, 15) is 0 Å². The van der Waals surface area contributed by atoms with Gasteiger partial charge in [-0.3, -0.25) is 9.97 Å². The van der Waals surface area contributed by atoms with Crippen molar-refractivity contribution in [2.75, 3.05) is 0 Å². The molecule has 0 aliphatic heterocycles. The van der Waals surface area contributed by atoms with Crippen molar-refractivity contribution in [2.24, 2.45) is 0 Å². The van der Waals surface area contributed by atoms with Gasteiger partial charge in [-0.05, 0) is 19.1 Å². The van der Waals surface area contributed by atoms with Gasteiger partial charge in [0.1, 0.15) is 0 Å². The maximum atomic E-state index is 4.23. The standard InChI is InChI=1S/C13H10N2/c1-2-3-11-4-6-12(7-5-11)13-10-14-8-9-15-13/h4-10H,1H3. The number of benzene rings is 1. The van der Waals surface area contributed by atoms with E-state index in [1.54, 1.807) is 18.6 Å². The van der Waals surface area contributed by atoms with Crippen LogP contribution in [-0.2, 0) is 0 Å². The van der Waals surface area contributed by atoms with Crippen LogP contribution in [0.25, 0.3) is 11.3 Å². The molecule has 0 amide bonds. The molecule has 15 heavy (non-hydrogen) atoms. The zero-order valence-electron chi connectivity index (χ0n) is 8.44. The van der Waals surface area contributed by atoms with E-state index in [0.717, 1.165) is 16.8 Å². The first-order chi connectivity index (χ1) is 7.40. The summed E-state index contributed by atoms with van der Waals surface area (Å²) in [5, 5.41) is 0. The largest absolute Gasteiger partial charge is 0.261 e. The summed E-state index contributed by atoms with van der Waals surface area (Å²) in [6, 6.07) is 7.98. The van der Waals surface area contributed by atoms with E-state index < -0.39 is 0 Å². The van der Waals surface area contributed by atoms with Gasteiger partial charge in [-0.15, -0.1) is 5.92 Å². The summed E-state index contributed by atoms with van der Waals surface area (Å²) < 4.78 is 0. The van der Waals surface area contributed by atoms with Crippen molar-refractivity contribution in [3.05, 3.63) is 48.4 Å². The van der Waals surface area contributed by atoms with E-state index in [1.165, 1.54) is 0 Å². The molecule has 0 aliphatic carbocycles. The predicted octanol–water partition coefficient (Wildman–Crippen LogP) is 2.52. The minimum absolute atomic E-state index is 0.883. The van der Waals surface area contributed by atoms with Crippen molar-refractivity contribution in [1.82, 2.24) is 9.97 Å². The molecular weight excluding hydrogens is 184 g/mol. The van der Waals surface area contributed by atoms with E-state index >= 15 is 0 Å². The van der Waals surface area contributed by atoms with Crippen molar-refractivity contribution >= 4 is 0 Å². The van der Waals surface area contributed by atoms with Gasteiger partial charge < -0.3 is 0 Å². The van der Waals surface area contributed by atoms with Crippen molar-refractivity contribution in [2.45, 2.75) is 6.92 Å². The van der Waals surface area contributed by atoms with Gasteiger partial charge in [0.25, 0.3) is 0 Å². The van der Waals surface area contributed by atoms with Crippen LogP contribution in [0, 0.1) is 11.8 Å². The summed E-state index contributed by atoms with van der Waals surface area (Å²) >= 11 is 0. The molecule has 0 saturated carbocycles. The summed E-state index contributed by atoms with van der Waals surface area (Å²) in [7, 11) is 0. The minimum Gasteiger partial charge on any atom is -0.261 e. The Morgan fingerprint density at radius 2 is 1.87 bits per heavy atom. The van der Waals surface area contributed by atoms with Crippen LogP contribution in [0.3, 0.4) is 0 Å². The molecule has 1 aromatic carbocycles. The Morgan fingerprint density at radius 3 is 2.47 bits per heavy atom. The maximum Gasteiger partial charge on any atom is 0.0885 e. The van der Waals surface area contributed by atoms with Gasteiger partial charge >= 0.3 is 0 Å². The Morgan fingerprint density at radius 1 is 1.07 bits per heavy atom. The molecule has 0 saturated heterocycles. The van der Waals surface area contributed by atoms with E-state index in [1.807, 2.05) is 31.2 Å². The van der Waals surface area contributed by atoms with Gasteiger partial charge in [-0.1, -0.05) is 18.1 Å². The fraction of sp³-hybridized carbons (Fsp3) is 0.0769. The van der Waals surface area contributed by atoms with Crippen LogP contribution in [0.2, 0.25) is 0 Å². The van der Waals surface area contributed by atoms with Gasteiger partial charge in [0.05, 0.1) is 11.9 Å². The minimum atomic E-state index is 0.883. The molecule has 0 N–H and O–H groups in total. The molecule has 0 fully saturated rings. The second-order valence-electron chi connectivity index (χ2n) is 3.04. The Balaban J connectivity index is 2.35. The topological polar surface area (TPSA) is 25.8 Å². The molecule has 0 bridgehead atoms. The molecule has 2 heteroatoms. The number of hydrogen-bond acceptors (Lipinski definition) is 2. The third-order valence-electron chi connectivity index (χ3n) is 2.01. The second kappa shape index (κ2) is 4.39. The Bertz CT molecular complexity index is 490. The quantitative estimate of drug-likeness (QED) is 0.652. The monoisotopic (exact) mass is 194 g/mol. The van der Waals surface area contributed by atoms with Crippen LogP contribution in [0.4, 0.5) is 0 Å².